The van der Waals surface area contributed by atoms with E-state index in [2.05, 4.69) is 10.6 Å². The minimum absolute atomic E-state index is 0.00369. The third-order valence-electron chi connectivity index (χ3n) is 8.17. The first-order valence-corrected chi connectivity index (χ1v) is 22.0. The summed E-state index contributed by atoms with van der Waals surface area (Å²) in [7, 11) is 6.73. The Kier molecular flexibility index (Phi) is 35.4. The molecule has 0 aromatic rings. The van der Waals surface area contributed by atoms with E-state index in [4.69, 9.17) is 28.4 Å². The Labute approximate surface area is 327 Å². The van der Waals surface area contributed by atoms with Gasteiger partial charge in [0.25, 0.3) is 0 Å². The molecule has 306 valence electrons. The zero-order valence-electron chi connectivity index (χ0n) is 33.0. The van der Waals surface area contributed by atoms with Crippen LogP contribution in [0.5, 0.6) is 0 Å². The molecule has 0 aromatic heterocycles. The van der Waals surface area contributed by atoms with Crippen molar-refractivity contribution in [3.63, 3.8) is 0 Å². The molecule has 0 aliphatic heterocycles. The Balaban J connectivity index is 5.10. The van der Waals surface area contributed by atoms with E-state index in [0.29, 0.717) is 90.9 Å². The number of nitrogens with one attached hydrogen (secondary N) is 2. The summed E-state index contributed by atoms with van der Waals surface area (Å²) in [6, 6.07) is -1.07. The summed E-state index contributed by atoms with van der Waals surface area (Å²) < 4.78 is 31.7. The summed E-state index contributed by atoms with van der Waals surface area (Å²) in [6.45, 7) is 10.5. The van der Waals surface area contributed by atoms with E-state index < -0.39 is 17.9 Å². The molecule has 2 N–H and O–H groups in total. The second-order valence-corrected chi connectivity index (χ2v) is 16.6. The largest absolute Gasteiger partial charge is 0.384 e. The maximum atomic E-state index is 13.8. The Hall–Kier alpha value is -0.750. The van der Waals surface area contributed by atoms with E-state index in [9.17, 15) is 19.2 Å². The normalized spacial score (nSPS) is 13.9. The highest BCUT2D eigenvalue weighted by atomic mass is 32.2. The van der Waals surface area contributed by atoms with Gasteiger partial charge in [0.1, 0.15) is 5.78 Å². The maximum absolute atomic E-state index is 13.8. The molecule has 52 heavy (non-hydrogen) atoms. The number of ether oxygens (including phenoxy) is 6. The smallest absolute Gasteiger partial charge is 0.224 e. The van der Waals surface area contributed by atoms with Crippen molar-refractivity contribution >= 4 is 58.5 Å². The molecule has 1 unspecified atom stereocenters. The lowest BCUT2D eigenvalue weighted by atomic mass is 9.89. The molecular formula is C37H70N2O10S3. The first-order valence-electron chi connectivity index (χ1n) is 18.6. The van der Waals surface area contributed by atoms with E-state index in [1.54, 1.807) is 63.7 Å². The molecule has 15 heteroatoms. The van der Waals surface area contributed by atoms with Crippen LogP contribution in [0.2, 0.25) is 0 Å². The van der Waals surface area contributed by atoms with Crippen LogP contribution in [0.15, 0.2) is 0 Å². The topological polar surface area (TPSA) is 148 Å². The van der Waals surface area contributed by atoms with Gasteiger partial charge in [0.15, 0.2) is 11.6 Å². The molecule has 0 aromatic carbocycles. The fraction of sp³-hybridized carbons (Fsp3) is 0.892. The van der Waals surface area contributed by atoms with Gasteiger partial charge in [-0.1, -0.05) is 13.8 Å². The van der Waals surface area contributed by atoms with Crippen molar-refractivity contribution in [1.82, 2.24) is 10.6 Å². The van der Waals surface area contributed by atoms with E-state index in [0.717, 1.165) is 28.8 Å². The zero-order valence-corrected chi connectivity index (χ0v) is 35.5. The first kappa shape index (κ1) is 51.2. The number of Topliss-reactive ketones (excluding diaryl/α,β-unsaturated/α-hetero) is 3. The van der Waals surface area contributed by atoms with Gasteiger partial charge in [-0.3, -0.25) is 19.2 Å². The van der Waals surface area contributed by atoms with Crippen LogP contribution in [0.25, 0.3) is 0 Å². The molecule has 0 aliphatic rings. The van der Waals surface area contributed by atoms with Gasteiger partial charge in [0, 0.05) is 63.3 Å². The van der Waals surface area contributed by atoms with Crippen LogP contribution in [0, 0.1) is 17.8 Å². The van der Waals surface area contributed by atoms with Crippen molar-refractivity contribution in [2.45, 2.75) is 71.4 Å². The van der Waals surface area contributed by atoms with E-state index in [1.807, 2.05) is 13.8 Å². The van der Waals surface area contributed by atoms with E-state index >= 15 is 0 Å². The summed E-state index contributed by atoms with van der Waals surface area (Å²) in [5.41, 5.74) is 0. The molecule has 4 atom stereocenters. The highest BCUT2D eigenvalue weighted by Crippen LogP contribution is 2.21. The second-order valence-electron chi connectivity index (χ2n) is 12.9. The molecule has 0 saturated carbocycles. The number of carbonyl (C=O) groups is 4. The van der Waals surface area contributed by atoms with Crippen molar-refractivity contribution in [3.8, 4) is 0 Å². The Morgan fingerprint density at radius 3 is 1.50 bits per heavy atom. The third kappa shape index (κ3) is 28.7. The quantitative estimate of drug-likeness (QED) is 0.0857. The van der Waals surface area contributed by atoms with Gasteiger partial charge in [-0.2, -0.15) is 35.3 Å². The molecule has 0 fully saturated rings. The fourth-order valence-corrected chi connectivity index (χ4v) is 7.81. The van der Waals surface area contributed by atoms with Crippen molar-refractivity contribution < 1.29 is 47.6 Å². The van der Waals surface area contributed by atoms with Gasteiger partial charge >= 0.3 is 0 Å². The molecule has 0 heterocycles. The minimum Gasteiger partial charge on any atom is -0.384 e. The van der Waals surface area contributed by atoms with Crippen LogP contribution in [0.3, 0.4) is 0 Å². The monoisotopic (exact) mass is 798 g/mol. The fourth-order valence-electron chi connectivity index (χ4n) is 5.09. The maximum Gasteiger partial charge on any atom is 0.224 e. The van der Waals surface area contributed by atoms with Gasteiger partial charge in [0.05, 0.1) is 71.5 Å². The van der Waals surface area contributed by atoms with Crippen molar-refractivity contribution in [1.29, 1.82) is 0 Å². The average molecular weight is 799 g/mol. The zero-order chi connectivity index (χ0) is 38.8. The molecule has 1 amide bonds. The lowest BCUT2D eigenvalue weighted by Gasteiger charge is -2.25. The van der Waals surface area contributed by atoms with Gasteiger partial charge < -0.3 is 39.1 Å². The highest BCUT2D eigenvalue weighted by molar-refractivity contribution is 7.99. The lowest BCUT2D eigenvalue weighted by molar-refractivity contribution is -0.134. The Morgan fingerprint density at radius 2 is 1.00 bits per heavy atom. The van der Waals surface area contributed by atoms with Crippen molar-refractivity contribution in [2.24, 2.45) is 17.8 Å². The molecule has 0 rings (SSSR count). The molecular weight excluding hydrogens is 729 g/mol. The molecule has 0 bridgehead atoms. The Morgan fingerprint density at radius 1 is 0.558 bits per heavy atom. The Bertz CT molecular complexity index is 919. The van der Waals surface area contributed by atoms with Gasteiger partial charge in [-0.15, -0.1) is 0 Å². The first-order chi connectivity index (χ1) is 25.1. The number of amides is 1. The SMILES string of the molecule is CN[C@@H](CCSCCOC)C(=O)C[C@@H](CCSCCOC)C(=O)N[C@@H](CC(C)C)C(=O)CC(CCSCCOCCOCCOCCOC)C(C)=O. The summed E-state index contributed by atoms with van der Waals surface area (Å²) in [5.74, 6) is 3.38. The van der Waals surface area contributed by atoms with E-state index in [-0.39, 0.29) is 48.1 Å². The number of carbonyl (C=O) groups excluding carboxylic acids is 4. The summed E-state index contributed by atoms with van der Waals surface area (Å²) in [6.07, 6.45) is 2.39. The van der Waals surface area contributed by atoms with Crippen LogP contribution in [-0.2, 0) is 47.6 Å². The molecule has 0 aliphatic carbocycles. The summed E-state index contributed by atoms with van der Waals surface area (Å²) >= 11 is 5.10. The molecule has 0 radical (unpaired) electrons. The predicted molar refractivity (Wildman–Crippen MR) is 215 cm³/mol. The number of ketones is 3. The predicted octanol–water partition coefficient (Wildman–Crippen LogP) is 4.20. The number of thioether (sulfide) groups is 3. The summed E-state index contributed by atoms with van der Waals surface area (Å²) in [5, 5.41) is 6.16. The molecule has 12 nitrogen and oxygen atoms in total. The average Bonchev–Trinajstić information content (AvgIpc) is 3.11. The summed E-state index contributed by atoms with van der Waals surface area (Å²) in [4.78, 5) is 53.5. The third-order valence-corrected chi connectivity index (χ3v) is 11.1. The van der Waals surface area contributed by atoms with Crippen LogP contribution in [0.1, 0.15) is 59.3 Å². The van der Waals surface area contributed by atoms with Gasteiger partial charge in [-0.05, 0) is 62.8 Å². The number of likely N-dealkylation sites (N-methyl/N-ethyl adjacent to an activating group) is 1. The van der Waals surface area contributed by atoms with Crippen LogP contribution < -0.4 is 10.6 Å². The molecule has 0 spiro atoms. The second kappa shape index (κ2) is 35.9. The number of hydrogen-bond donors (Lipinski definition) is 2. The number of rotatable bonds is 39. The van der Waals surface area contributed by atoms with Crippen molar-refractivity contribution in [3.05, 3.63) is 0 Å². The standard InChI is InChI=1S/C37H70N2O10S3/c1-29(2)26-34(36(42)27-31(30(3)40)8-20-51-25-19-49-16-15-48-14-13-47-12-11-44-5)39-37(43)32(9-21-50-23-17-45-6)28-35(41)33(38-4)10-22-52-24-18-46-7/h29,31-34,38H,8-28H2,1-7H3,(H,39,43)/t31?,32-,33+,34+/m1/s1. The van der Waals surface area contributed by atoms with Crippen LogP contribution in [-0.4, -0.2) is 158 Å². The van der Waals surface area contributed by atoms with E-state index in [1.165, 1.54) is 6.92 Å². The van der Waals surface area contributed by atoms with Gasteiger partial charge in [-0.25, -0.2) is 0 Å². The van der Waals surface area contributed by atoms with Crippen LogP contribution in [0.4, 0.5) is 0 Å². The minimum atomic E-state index is -0.717. The number of hydrogen-bond acceptors (Lipinski definition) is 14. The number of methoxy groups -OCH3 is 3. The lowest BCUT2D eigenvalue weighted by Crippen LogP contribution is -2.46. The van der Waals surface area contributed by atoms with Crippen molar-refractivity contribution in [2.75, 3.05) is 122 Å². The highest BCUT2D eigenvalue weighted by Gasteiger charge is 2.31. The molecule has 0 saturated heterocycles. The van der Waals surface area contributed by atoms with Crippen LogP contribution >= 0.6 is 35.3 Å². The van der Waals surface area contributed by atoms with Gasteiger partial charge in [0.2, 0.25) is 5.91 Å².